The van der Waals surface area contributed by atoms with Crippen LogP contribution in [0.4, 0.5) is 0 Å². The number of ether oxygens (including phenoxy) is 1. The number of methoxy groups -OCH3 is 1. The maximum Gasteiger partial charge on any atom is 0.236 e. The highest BCUT2D eigenvalue weighted by Crippen LogP contribution is 2.16. The van der Waals surface area contributed by atoms with E-state index in [4.69, 9.17) is 4.74 Å². The van der Waals surface area contributed by atoms with E-state index >= 15 is 0 Å². The molecule has 0 aliphatic carbocycles. The zero-order chi connectivity index (χ0) is 17.2. The molecule has 1 aromatic rings. The topological polar surface area (TPSA) is 61.9 Å². The summed E-state index contributed by atoms with van der Waals surface area (Å²) in [5, 5.41) is 2.85. The molecule has 0 fully saturated rings. The normalized spacial score (nSPS) is 10.5. The third-order valence-electron chi connectivity index (χ3n) is 3.60. The smallest absolute Gasteiger partial charge is 0.236 e. The Morgan fingerprint density at radius 3 is 2.39 bits per heavy atom. The van der Waals surface area contributed by atoms with Gasteiger partial charge in [0.05, 0.1) is 20.2 Å². The van der Waals surface area contributed by atoms with E-state index in [-0.39, 0.29) is 24.9 Å². The standard InChI is InChI=1S/C17H27N3O3/c1-5-20(6-2)17(22)13-19(3)12-16(21)18-11-14-9-7-8-10-15(14)23-4/h7-10H,5-6,11-13H2,1-4H3,(H,18,21). The van der Waals surface area contributed by atoms with Crippen molar-refractivity contribution in [1.82, 2.24) is 15.1 Å². The molecule has 1 rings (SSSR count). The Morgan fingerprint density at radius 2 is 1.78 bits per heavy atom. The molecule has 1 N–H and O–H groups in total. The number of benzene rings is 1. The van der Waals surface area contributed by atoms with Gasteiger partial charge in [0.15, 0.2) is 0 Å². The molecule has 0 saturated carbocycles. The molecular formula is C17H27N3O3. The predicted octanol–water partition coefficient (Wildman–Crippen LogP) is 1.11. The number of rotatable bonds is 9. The zero-order valence-electron chi connectivity index (χ0n) is 14.5. The van der Waals surface area contributed by atoms with Crippen LogP contribution in [0.25, 0.3) is 0 Å². The van der Waals surface area contributed by atoms with E-state index in [0.29, 0.717) is 19.6 Å². The monoisotopic (exact) mass is 321 g/mol. The van der Waals surface area contributed by atoms with E-state index in [1.807, 2.05) is 38.1 Å². The molecular weight excluding hydrogens is 294 g/mol. The van der Waals surface area contributed by atoms with Gasteiger partial charge in [-0.05, 0) is 27.0 Å². The number of likely N-dealkylation sites (N-methyl/N-ethyl adjacent to an activating group) is 2. The van der Waals surface area contributed by atoms with Crippen molar-refractivity contribution in [1.29, 1.82) is 0 Å². The van der Waals surface area contributed by atoms with Gasteiger partial charge in [0, 0.05) is 25.2 Å². The van der Waals surface area contributed by atoms with Gasteiger partial charge in [-0.25, -0.2) is 0 Å². The van der Waals surface area contributed by atoms with Crippen molar-refractivity contribution in [2.45, 2.75) is 20.4 Å². The molecule has 0 aliphatic rings. The maximum atomic E-state index is 12.0. The summed E-state index contributed by atoms with van der Waals surface area (Å²) < 4.78 is 5.25. The van der Waals surface area contributed by atoms with Crippen LogP contribution >= 0.6 is 0 Å². The number of para-hydroxylation sites is 1. The molecule has 0 bridgehead atoms. The SMILES string of the molecule is CCN(CC)C(=O)CN(C)CC(=O)NCc1ccccc1OC. The molecule has 0 aliphatic heterocycles. The van der Waals surface area contributed by atoms with E-state index in [0.717, 1.165) is 11.3 Å². The highest BCUT2D eigenvalue weighted by atomic mass is 16.5. The van der Waals surface area contributed by atoms with E-state index in [1.165, 1.54) is 0 Å². The number of carbonyl (C=O) groups is 2. The summed E-state index contributed by atoms with van der Waals surface area (Å²) in [6, 6.07) is 7.55. The summed E-state index contributed by atoms with van der Waals surface area (Å²) in [5.74, 6) is 0.665. The second-order valence-electron chi connectivity index (χ2n) is 5.33. The molecule has 2 amide bonds. The van der Waals surface area contributed by atoms with E-state index in [9.17, 15) is 9.59 Å². The summed E-state index contributed by atoms with van der Waals surface area (Å²) in [6.07, 6.45) is 0. The van der Waals surface area contributed by atoms with E-state index in [2.05, 4.69) is 5.32 Å². The average Bonchev–Trinajstić information content (AvgIpc) is 2.54. The van der Waals surface area contributed by atoms with Crippen molar-refractivity contribution in [2.24, 2.45) is 0 Å². The molecule has 1 aromatic carbocycles. The van der Waals surface area contributed by atoms with Gasteiger partial charge in [0.1, 0.15) is 5.75 Å². The van der Waals surface area contributed by atoms with Gasteiger partial charge >= 0.3 is 0 Å². The Labute approximate surface area is 138 Å². The lowest BCUT2D eigenvalue weighted by molar-refractivity contribution is -0.132. The van der Waals surface area contributed by atoms with Crippen LogP contribution in [-0.2, 0) is 16.1 Å². The first kappa shape index (κ1) is 19.0. The minimum atomic E-state index is -0.120. The average molecular weight is 321 g/mol. The molecule has 0 aromatic heterocycles. The molecule has 0 unspecified atom stereocenters. The van der Waals surface area contributed by atoms with Crippen LogP contribution in [0.1, 0.15) is 19.4 Å². The van der Waals surface area contributed by atoms with Crippen molar-refractivity contribution in [3.63, 3.8) is 0 Å². The molecule has 23 heavy (non-hydrogen) atoms. The van der Waals surface area contributed by atoms with Crippen LogP contribution in [0.15, 0.2) is 24.3 Å². The molecule has 128 valence electrons. The first-order valence-electron chi connectivity index (χ1n) is 7.86. The molecule has 0 spiro atoms. The van der Waals surface area contributed by atoms with E-state index in [1.54, 1.807) is 24.0 Å². The minimum absolute atomic E-state index is 0.0371. The summed E-state index contributed by atoms with van der Waals surface area (Å²) in [5.41, 5.74) is 0.922. The molecule has 0 atom stereocenters. The van der Waals surface area contributed by atoms with Crippen molar-refractivity contribution in [3.05, 3.63) is 29.8 Å². The third kappa shape index (κ3) is 6.28. The molecule has 6 heteroatoms. The van der Waals surface area contributed by atoms with Crippen LogP contribution < -0.4 is 10.1 Å². The third-order valence-corrected chi connectivity index (χ3v) is 3.60. The fourth-order valence-electron chi connectivity index (χ4n) is 2.31. The molecule has 0 radical (unpaired) electrons. The van der Waals surface area contributed by atoms with Crippen molar-refractivity contribution >= 4 is 11.8 Å². The van der Waals surface area contributed by atoms with Gasteiger partial charge in [-0.3, -0.25) is 14.5 Å². The summed E-state index contributed by atoms with van der Waals surface area (Å²) >= 11 is 0. The largest absolute Gasteiger partial charge is 0.496 e. The number of hydrogen-bond acceptors (Lipinski definition) is 4. The van der Waals surface area contributed by atoms with Crippen LogP contribution in [0.2, 0.25) is 0 Å². The Balaban J connectivity index is 2.42. The quantitative estimate of drug-likeness (QED) is 0.740. The number of nitrogens with zero attached hydrogens (tertiary/aromatic N) is 2. The summed E-state index contributed by atoms with van der Waals surface area (Å²) in [4.78, 5) is 27.5. The van der Waals surface area contributed by atoms with Crippen molar-refractivity contribution in [3.8, 4) is 5.75 Å². The van der Waals surface area contributed by atoms with Crippen LogP contribution in [0.5, 0.6) is 5.75 Å². The molecule has 0 heterocycles. The number of amides is 2. The van der Waals surface area contributed by atoms with E-state index < -0.39 is 0 Å². The van der Waals surface area contributed by atoms with Gasteiger partial charge < -0.3 is 15.0 Å². The fourth-order valence-corrected chi connectivity index (χ4v) is 2.31. The Bertz CT molecular complexity index is 516. The van der Waals surface area contributed by atoms with Gasteiger partial charge in [-0.15, -0.1) is 0 Å². The lowest BCUT2D eigenvalue weighted by Gasteiger charge is -2.22. The second kappa shape index (κ2) is 9.84. The molecule has 0 saturated heterocycles. The highest BCUT2D eigenvalue weighted by Gasteiger charge is 2.14. The first-order valence-corrected chi connectivity index (χ1v) is 7.86. The highest BCUT2D eigenvalue weighted by molar-refractivity contribution is 5.81. The lowest BCUT2D eigenvalue weighted by Crippen LogP contribution is -2.42. The number of nitrogens with one attached hydrogen (secondary N) is 1. The van der Waals surface area contributed by atoms with Crippen LogP contribution in [-0.4, -0.2) is 62.0 Å². The van der Waals surface area contributed by atoms with Gasteiger partial charge in [0.2, 0.25) is 11.8 Å². The fraction of sp³-hybridized carbons (Fsp3) is 0.529. The summed E-state index contributed by atoms with van der Waals surface area (Å²) in [6.45, 7) is 6.08. The van der Waals surface area contributed by atoms with Crippen LogP contribution in [0.3, 0.4) is 0 Å². The Kier molecular flexibility index (Phi) is 8.11. The lowest BCUT2D eigenvalue weighted by atomic mass is 10.2. The predicted molar refractivity (Wildman–Crippen MR) is 90.3 cm³/mol. The van der Waals surface area contributed by atoms with Gasteiger partial charge in [-0.2, -0.15) is 0 Å². The molecule has 6 nitrogen and oxygen atoms in total. The van der Waals surface area contributed by atoms with Crippen LogP contribution in [0, 0.1) is 0 Å². The Morgan fingerprint density at radius 1 is 1.13 bits per heavy atom. The summed E-state index contributed by atoms with van der Waals surface area (Å²) in [7, 11) is 3.37. The number of hydrogen-bond donors (Lipinski definition) is 1. The second-order valence-corrected chi connectivity index (χ2v) is 5.33. The van der Waals surface area contributed by atoms with Crippen molar-refractivity contribution in [2.75, 3.05) is 40.3 Å². The number of carbonyl (C=O) groups excluding carboxylic acids is 2. The minimum Gasteiger partial charge on any atom is -0.496 e. The Hall–Kier alpha value is -2.08. The first-order chi connectivity index (χ1) is 11.0. The van der Waals surface area contributed by atoms with Crippen molar-refractivity contribution < 1.29 is 14.3 Å². The zero-order valence-corrected chi connectivity index (χ0v) is 14.5. The van der Waals surface area contributed by atoms with Gasteiger partial charge in [0.25, 0.3) is 0 Å². The van der Waals surface area contributed by atoms with Gasteiger partial charge in [-0.1, -0.05) is 18.2 Å². The maximum absolute atomic E-state index is 12.0.